The van der Waals surface area contributed by atoms with Crippen LogP contribution in [0.3, 0.4) is 0 Å². The Morgan fingerprint density at radius 2 is 1.65 bits per heavy atom. The van der Waals surface area contributed by atoms with Gasteiger partial charge in [0.1, 0.15) is 21.7 Å². The molecule has 2 saturated heterocycles. The summed E-state index contributed by atoms with van der Waals surface area (Å²) in [6.45, 7) is 5.07. The monoisotopic (exact) mass is 544 g/mol. The topological polar surface area (TPSA) is 92.3 Å². The van der Waals surface area contributed by atoms with Crippen molar-refractivity contribution < 1.29 is 22.7 Å². The molecule has 1 aromatic heterocycles. The highest BCUT2D eigenvalue weighted by molar-refractivity contribution is 7.89. The van der Waals surface area contributed by atoms with Crippen molar-refractivity contribution in [3.8, 4) is 11.5 Å². The predicted octanol–water partition coefficient (Wildman–Crippen LogP) is 3.37. The Morgan fingerprint density at radius 3 is 2.32 bits per heavy atom. The molecular weight excluding hydrogens is 512 g/mol. The number of aryl methyl sites for hydroxylation is 1. The van der Waals surface area contributed by atoms with Gasteiger partial charge in [-0.1, -0.05) is 29.0 Å². The van der Waals surface area contributed by atoms with Gasteiger partial charge in [0.2, 0.25) is 15.9 Å². The van der Waals surface area contributed by atoms with E-state index in [-0.39, 0.29) is 23.3 Å². The maximum absolute atomic E-state index is 13.4. The molecule has 0 bridgehead atoms. The first kappa shape index (κ1) is 25.7. The van der Waals surface area contributed by atoms with Crippen molar-refractivity contribution in [3.63, 3.8) is 0 Å². The SMILES string of the molecule is COc1ccc(OC)c2sc(N3CCN(C(=O)C4CCCN(S(=O)(=O)c5ccc(C)cc5)C4)CC3)nc12. The summed E-state index contributed by atoms with van der Waals surface area (Å²) in [5.74, 6) is 1.18. The lowest BCUT2D eigenvalue weighted by atomic mass is 9.98. The molecule has 0 saturated carbocycles. The molecule has 9 nitrogen and oxygen atoms in total. The predicted molar refractivity (Wildman–Crippen MR) is 144 cm³/mol. The van der Waals surface area contributed by atoms with Crippen molar-refractivity contribution in [3.05, 3.63) is 42.0 Å². The number of benzene rings is 2. The Hall–Kier alpha value is -2.89. The van der Waals surface area contributed by atoms with E-state index < -0.39 is 10.0 Å². The summed E-state index contributed by atoms with van der Waals surface area (Å²) < 4.78 is 39.8. The van der Waals surface area contributed by atoms with Crippen molar-refractivity contribution >= 4 is 42.6 Å². The second kappa shape index (κ2) is 10.5. The summed E-state index contributed by atoms with van der Waals surface area (Å²) in [6, 6.07) is 10.6. The first-order valence-electron chi connectivity index (χ1n) is 12.4. The van der Waals surface area contributed by atoms with Crippen molar-refractivity contribution in [2.75, 3.05) is 58.4 Å². The van der Waals surface area contributed by atoms with E-state index >= 15 is 0 Å². The lowest BCUT2D eigenvalue weighted by molar-refractivity contribution is -0.137. The van der Waals surface area contributed by atoms with Gasteiger partial charge in [-0.05, 0) is 44.0 Å². The van der Waals surface area contributed by atoms with Crippen LogP contribution in [0.5, 0.6) is 11.5 Å². The van der Waals surface area contributed by atoms with Crippen LogP contribution < -0.4 is 14.4 Å². The summed E-state index contributed by atoms with van der Waals surface area (Å²) in [5.41, 5.74) is 1.78. The molecule has 0 aliphatic carbocycles. The highest BCUT2D eigenvalue weighted by atomic mass is 32.2. The van der Waals surface area contributed by atoms with Crippen molar-refractivity contribution in [2.24, 2.45) is 5.92 Å². The van der Waals surface area contributed by atoms with Crippen molar-refractivity contribution in [1.82, 2.24) is 14.2 Å². The van der Waals surface area contributed by atoms with E-state index in [1.165, 1.54) is 4.31 Å². The largest absolute Gasteiger partial charge is 0.495 e. The van der Waals surface area contributed by atoms with Crippen LogP contribution in [0.1, 0.15) is 18.4 Å². The van der Waals surface area contributed by atoms with Crippen LogP contribution >= 0.6 is 11.3 Å². The van der Waals surface area contributed by atoms with E-state index in [0.29, 0.717) is 51.3 Å². The molecule has 2 aromatic carbocycles. The Morgan fingerprint density at radius 1 is 0.973 bits per heavy atom. The van der Waals surface area contributed by atoms with Gasteiger partial charge in [0, 0.05) is 39.3 Å². The second-order valence-corrected chi connectivity index (χ2v) is 12.4. The third-order valence-electron chi connectivity index (χ3n) is 7.15. The zero-order valence-electron chi connectivity index (χ0n) is 21.3. The first-order valence-corrected chi connectivity index (χ1v) is 14.7. The lowest BCUT2D eigenvalue weighted by Gasteiger charge is -2.38. The number of sulfonamides is 1. The number of carbonyl (C=O) groups excluding carboxylic acids is 1. The Kier molecular flexibility index (Phi) is 7.28. The Balaban J connectivity index is 1.24. The molecule has 37 heavy (non-hydrogen) atoms. The molecule has 2 aliphatic rings. The average molecular weight is 545 g/mol. The lowest BCUT2D eigenvalue weighted by Crippen LogP contribution is -2.53. The van der Waals surface area contributed by atoms with Gasteiger partial charge in [0.05, 0.1) is 25.0 Å². The summed E-state index contributed by atoms with van der Waals surface area (Å²) >= 11 is 1.56. The third kappa shape index (κ3) is 4.99. The van der Waals surface area contributed by atoms with Gasteiger partial charge in [0.15, 0.2) is 5.13 Å². The van der Waals surface area contributed by atoms with Crippen molar-refractivity contribution in [2.45, 2.75) is 24.7 Å². The summed E-state index contributed by atoms with van der Waals surface area (Å²) in [4.78, 5) is 22.5. The number of rotatable bonds is 6. The summed E-state index contributed by atoms with van der Waals surface area (Å²) in [6.07, 6.45) is 1.38. The number of hydrogen-bond donors (Lipinski definition) is 0. The zero-order valence-corrected chi connectivity index (χ0v) is 23.0. The minimum Gasteiger partial charge on any atom is -0.495 e. The van der Waals surface area contributed by atoms with Crippen LogP contribution in [0.15, 0.2) is 41.3 Å². The van der Waals surface area contributed by atoms with Crippen LogP contribution in [0, 0.1) is 12.8 Å². The maximum Gasteiger partial charge on any atom is 0.243 e. The van der Waals surface area contributed by atoms with Gasteiger partial charge < -0.3 is 19.3 Å². The number of piperidine rings is 1. The summed E-state index contributed by atoms with van der Waals surface area (Å²) in [7, 11) is -0.348. The van der Waals surface area contributed by atoms with E-state index in [1.54, 1.807) is 49.8 Å². The molecular formula is C26H32N4O5S2. The smallest absolute Gasteiger partial charge is 0.243 e. The molecule has 0 spiro atoms. The van der Waals surface area contributed by atoms with Gasteiger partial charge >= 0.3 is 0 Å². The van der Waals surface area contributed by atoms with E-state index in [1.807, 2.05) is 24.0 Å². The molecule has 2 fully saturated rings. The minimum atomic E-state index is -3.62. The van der Waals surface area contributed by atoms with Gasteiger partial charge in [-0.25, -0.2) is 13.4 Å². The number of amides is 1. The van der Waals surface area contributed by atoms with Gasteiger partial charge in [0.25, 0.3) is 0 Å². The van der Waals surface area contributed by atoms with Crippen LogP contribution in [-0.4, -0.2) is 82.0 Å². The molecule has 11 heteroatoms. The molecule has 2 aliphatic heterocycles. The van der Waals surface area contributed by atoms with Crippen LogP contribution in [-0.2, 0) is 14.8 Å². The average Bonchev–Trinajstić information content (AvgIpc) is 3.38. The minimum absolute atomic E-state index is 0.0381. The quantitative estimate of drug-likeness (QED) is 0.470. The van der Waals surface area contributed by atoms with E-state index in [9.17, 15) is 13.2 Å². The number of anilines is 1. The fraction of sp³-hybridized carbons (Fsp3) is 0.462. The number of piperazine rings is 1. The normalized spacial score (nSPS) is 19.3. The standard InChI is InChI=1S/C26H32N4O5S2/c1-18-6-8-20(9-7-18)37(32,33)30-12-4-5-19(17-30)25(31)28-13-15-29(16-14-28)26-27-23-21(34-2)10-11-22(35-3)24(23)36-26/h6-11,19H,4-5,12-17H2,1-3H3. The van der Waals surface area contributed by atoms with E-state index in [2.05, 4.69) is 4.90 Å². The highest BCUT2D eigenvalue weighted by Gasteiger charge is 2.36. The fourth-order valence-corrected chi connectivity index (χ4v) is 7.66. The van der Waals surface area contributed by atoms with Crippen molar-refractivity contribution in [1.29, 1.82) is 0 Å². The number of fused-ring (bicyclic) bond motifs is 1. The molecule has 1 atom stereocenters. The molecule has 198 valence electrons. The maximum atomic E-state index is 13.4. The zero-order chi connectivity index (χ0) is 26.2. The van der Waals surface area contributed by atoms with Crippen LogP contribution in [0.2, 0.25) is 0 Å². The van der Waals surface area contributed by atoms with E-state index in [0.717, 1.165) is 26.7 Å². The highest BCUT2D eigenvalue weighted by Crippen LogP contribution is 2.40. The molecule has 3 heterocycles. The number of carbonyl (C=O) groups is 1. The molecule has 0 N–H and O–H groups in total. The third-order valence-corrected chi connectivity index (χ3v) is 10.2. The molecule has 1 unspecified atom stereocenters. The van der Waals surface area contributed by atoms with Crippen LogP contribution in [0.4, 0.5) is 5.13 Å². The van der Waals surface area contributed by atoms with Gasteiger partial charge in [-0.3, -0.25) is 4.79 Å². The Bertz CT molecular complexity index is 1340. The number of nitrogens with zero attached hydrogens (tertiary/aromatic N) is 4. The number of hydrogen-bond acceptors (Lipinski definition) is 8. The van der Waals surface area contributed by atoms with Crippen LogP contribution in [0.25, 0.3) is 10.2 Å². The first-order chi connectivity index (χ1) is 17.8. The summed E-state index contributed by atoms with van der Waals surface area (Å²) in [5, 5.41) is 0.873. The van der Waals surface area contributed by atoms with E-state index in [4.69, 9.17) is 14.5 Å². The van der Waals surface area contributed by atoms with Gasteiger partial charge in [-0.15, -0.1) is 0 Å². The fourth-order valence-electron chi connectivity index (χ4n) is 5.01. The second-order valence-electron chi connectivity index (χ2n) is 9.47. The number of thiazole rings is 1. The molecule has 3 aromatic rings. The number of aromatic nitrogens is 1. The molecule has 0 radical (unpaired) electrons. The molecule has 5 rings (SSSR count). The number of methoxy groups -OCH3 is 2. The Labute approximate surface area is 221 Å². The number of ether oxygens (including phenoxy) is 2. The molecule has 1 amide bonds. The van der Waals surface area contributed by atoms with Gasteiger partial charge in [-0.2, -0.15) is 4.31 Å².